The first kappa shape index (κ1) is 12.1. The van der Waals surface area contributed by atoms with E-state index in [0.717, 1.165) is 5.69 Å². The van der Waals surface area contributed by atoms with Crippen LogP contribution in [0.15, 0.2) is 36.4 Å². The van der Waals surface area contributed by atoms with Gasteiger partial charge in [-0.2, -0.15) is 9.97 Å². The molecule has 0 saturated carbocycles. The summed E-state index contributed by atoms with van der Waals surface area (Å²) in [6.07, 6.45) is 0. The van der Waals surface area contributed by atoms with Gasteiger partial charge in [0.1, 0.15) is 11.6 Å². The van der Waals surface area contributed by atoms with Gasteiger partial charge in [0.05, 0.1) is 6.61 Å². The van der Waals surface area contributed by atoms with Gasteiger partial charge in [-0.15, -0.1) is 0 Å². The number of benzene rings is 1. The van der Waals surface area contributed by atoms with Gasteiger partial charge < -0.3 is 21.5 Å². The van der Waals surface area contributed by atoms with Gasteiger partial charge in [-0.25, -0.2) is 0 Å². The van der Waals surface area contributed by atoms with Gasteiger partial charge in [-0.05, 0) is 12.1 Å². The predicted molar refractivity (Wildman–Crippen MR) is 71.7 cm³/mol. The molecule has 1 aromatic heterocycles. The Kier molecular flexibility index (Phi) is 3.93. The number of hydrogen-bond donors (Lipinski definition) is 4. The van der Waals surface area contributed by atoms with Crippen LogP contribution in [0.2, 0.25) is 0 Å². The minimum absolute atomic E-state index is 0.0331. The third kappa shape index (κ3) is 3.33. The quantitative estimate of drug-likeness (QED) is 0.632. The number of hydrogen-bond acceptors (Lipinski definition) is 6. The number of aromatic nitrogens is 2. The van der Waals surface area contributed by atoms with Crippen molar-refractivity contribution in [1.82, 2.24) is 9.97 Å². The molecular formula is C12H15N5O. The van der Waals surface area contributed by atoms with E-state index < -0.39 is 0 Å². The minimum Gasteiger partial charge on any atom is -0.395 e. The second-order valence-electron chi connectivity index (χ2n) is 3.64. The molecule has 94 valence electrons. The van der Waals surface area contributed by atoms with E-state index in [1.54, 1.807) is 6.07 Å². The molecule has 18 heavy (non-hydrogen) atoms. The maximum atomic E-state index is 8.75. The molecule has 5 N–H and O–H groups in total. The van der Waals surface area contributed by atoms with Gasteiger partial charge >= 0.3 is 0 Å². The molecule has 0 aliphatic carbocycles. The molecule has 1 heterocycles. The number of nitrogens with two attached hydrogens (primary N) is 1. The van der Waals surface area contributed by atoms with Crippen molar-refractivity contribution in [3.05, 3.63) is 36.4 Å². The maximum absolute atomic E-state index is 8.75. The summed E-state index contributed by atoms with van der Waals surface area (Å²) >= 11 is 0. The number of nitrogen functional groups attached to an aromatic ring is 1. The Morgan fingerprint density at radius 1 is 1.11 bits per heavy atom. The Bertz CT molecular complexity index is 503. The SMILES string of the molecule is Nc1nc(NCCO)cc(Nc2ccccc2)n1. The first-order valence-corrected chi connectivity index (χ1v) is 5.59. The van der Waals surface area contributed by atoms with E-state index in [1.165, 1.54) is 0 Å². The molecule has 2 rings (SSSR count). The van der Waals surface area contributed by atoms with Gasteiger partial charge in [0.2, 0.25) is 5.95 Å². The highest BCUT2D eigenvalue weighted by Gasteiger charge is 2.02. The van der Waals surface area contributed by atoms with Crippen LogP contribution in [0, 0.1) is 0 Å². The monoisotopic (exact) mass is 245 g/mol. The summed E-state index contributed by atoms with van der Waals surface area (Å²) in [5.74, 6) is 1.36. The Balaban J connectivity index is 2.15. The summed E-state index contributed by atoms with van der Waals surface area (Å²) in [7, 11) is 0. The van der Waals surface area contributed by atoms with Crippen LogP contribution in [0.3, 0.4) is 0 Å². The van der Waals surface area contributed by atoms with E-state index in [-0.39, 0.29) is 12.6 Å². The number of para-hydroxylation sites is 1. The minimum atomic E-state index is 0.0331. The molecule has 1 aromatic carbocycles. The van der Waals surface area contributed by atoms with Crippen molar-refractivity contribution < 1.29 is 5.11 Å². The Morgan fingerprint density at radius 2 is 1.83 bits per heavy atom. The zero-order valence-electron chi connectivity index (χ0n) is 9.80. The number of aliphatic hydroxyl groups is 1. The molecule has 2 aromatic rings. The summed E-state index contributed by atoms with van der Waals surface area (Å²) < 4.78 is 0. The van der Waals surface area contributed by atoms with Crippen LogP contribution in [0.25, 0.3) is 0 Å². The molecule has 0 unspecified atom stereocenters. The van der Waals surface area contributed by atoms with Crippen molar-refractivity contribution in [1.29, 1.82) is 0 Å². The van der Waals surface area contributed by atoms with Crippen molar-refractivity contribution in [3.8, 4) is 0 Å². The van der Waals surface area contributed by atoms with Gasteiger partial charge in [0.15, 0.2) is 0 Å². The third-order valence-corrected chi connectivity index (χ3v) is 2.21. The van der Waals surface area contributed by atoms with Crippen molar-refractivity contribution in [3.63, 3.8) is 0 Å². The molecule has 0 aliphatic heterocycles. The van der Waals surface area contributed by atoms with Gasteiger partial charge in [0.25, 0.3) is 0 Å². The van der Waals surface area contributed by atoms with Crippen LogP contribution < -0.4 is 16.4 Å². The van der Waals surface area contributed by atoms with Crippen molar-refractivity contribution in [2.75, 3.05) is 29.5 Å². The Labute approximate surface area is 105 Å². The van der Waals surface area contributed by atoms with Crippen LogP contribution in [-0.4, -0.2) is 28.2 Å². The number of nitrogens with one attached hydrogen (secondary N) is 2. The van der Waals surface area contributed by atoms with E-state index in [0.29, 0.717) is 18.2 Å². The summed E-state index contributed by atoms with van der Waals surface area (Å²) in [6, 6.07) is 11.4. The van der Waals surface area contributed by atoms with Crippen LogP contribution in [0.4, 0.5) is 23.3 Å². The van der Waals surface area contributed by atoms with Gasteiger partial charge in [-0.3, -0.25) is 0 Å². The van der Waals surface area contributed by atoms with Gasteiger partial charge in [-0.1, -0.05) is 18.2 Å². The average Bonchev–Trinajstić information content (AvgIpc) is 2.37. The van der Waals surface area contributed by atoms with Crippen LogP contribution in [-0.2, 0) is 0 Å². The number of aliphatic hydroxyl groups excluding tert-OH is 1. The molecule has 0 saturated heterocycles. The molecule has 0 aliphatic rings. The highest BCUT2D eigenvalue weighted by molar-refractivity contribution is 5.60. The first-order valence-electron chi connectivity index (χ1n) is 5.59. The molecule has 0 amide bonds. The van der Waals surface area contributed by atoms with Crippen LogP contribution in [0.1, 0.15) is 0 Å². The van der Waals surface area contributed by atoms with Crippen molar-refractivity contribution in [2.45, 2.75) is 0 Å². The summed E-state index contributed by atoms with van der Waals surface area (Å²) in [4.78, 5) is 8.11. The molecule has 0 spiro atoms. The second kappa shape index (κ2) is 5.83. The maximum Gasteiger partial charge on any atom is 0.223 e. The van der Waals surface area contributed by atoms with E-state index >= 15 is 0 Å². The number of nitrogens with zero attached hydrogens (tertiary/aromatic N) is 2. The first-order chi connectivity index (χ1) is 8.78. The van der Waals surface area contributed by atoms with Crippen molar-refractivity contribution in [2.24, 2.45) is 0 Å². The van der Waals surface area contributed by atoms with Crippen LogP contribution >= 0.6 is 0 Å². The lowest BCUT2D eigenvalue weighted by Gasteiger charge is -2.09. The molecule has 6 heteroatoms. The smallest absolute Gasteiger partial charge is 0.223 e. The highest BCUT2D eigenvalue weighted by atomic mass is 16.3. The van der Waals surface area contributed by atoms with Gasteiger partial charge in [0, 0.05) is 18.3 Å². The third-order valence-electron chi connectivity index (χ3n) is 2.21. The molecule has 0 fully saturated rings. The zero-order valence-corrected chi connectivity index (χ0v) is 9.80. The fourth-order valence-electron chi connectivity index (χ4n) is 1.47. The van der Waals surface area contributed by atoms with Crippen molar-refractivity contribution >= 4 is 23.3 Å². The molecule has 0 bridgehead atoms. The van der Waals surface area contributed by atoms with E-state index in [4.69, 9.17) is 10.8 Å². The van der Waals surface area contributed by atoms with E-state index in [9.17, 15) is 0 Å². The fraction of sp³-hybridized carbons (Fsp3) is 0.167. The fourth-order valence-corrected chi connectivity index (χ4v) is 1.47. The molecular weight excluding hydrogens is 230 g/mol. The zero-order chi connectivity index (χ0) is 12.8. The topological polar surface area (TPSA) is 96.1 Å². The van der Waals surface area contributed by atoms with Crippen LogP contribution in [0.5, 0.6) is 0 Å². The number of rotatable bonds is 5. The van der Waals surface area contributed by atoms with E-state index in [2.05, 4.69) is 20.6 Å². The molecule has 0 radical (unpaired) electrons. The highest BCUT2D eigenvalue weighted by Crippen LogP contribution is 2.17. The standard InChI is InChI=1S/C12H15N5O/c13-12-16-10(14-6-7-18)8-11(17-12)15-9-4-2-1-3-5-9/h1-5,8,18H,6-7H2,(H4,13,14,15,16,17). The summed E-state index contributed by atoms with van der Waals surface area (Å²) in [6.45, 7) is 0.451. The molecule has 0 atom stereocenters. The predicted octanol–water partition coefficient (Wildman–Crippen LogP) is 1.21. The molecule has 6 nitrogen and oxygen atoms in total. The van der Waals surface area contributed by atoms with E-state index in [1.807, 2.05) is 30.3 Å². The normalized spacial score (nSPS) is 10.1. The lowest BCUT2D eigenvalue weighted by Crippen LogP contribution is -2.09. The lowest BCUT2D eigenvalue weighted by atomic mass is 10.3. The Hall–Kier alpha value is -2.34. The summed E-state index contributed by atoms with van der Waals surface area (Å²) in [5.41, 5.74) is 6.54. The lowest BCUT2D eigenvalue weighted by molar-refractivity contribution is 0.311. The Morgan fingerprint density at radius 3 is 2.56 bits per heavy atom. The average molecular weight is 245 g/mol. The largest absolute Gasteiger partial charge is 0.395 e. The summed E-state index contributed by atoms with van der Waals surface area (Å²) in [5, 5.41) is 14.8. The number of anilines is 4. The second-order valence-corrected chi connectivity index (χ2v) is 3.64.